The zero-order chi connectivity index (χ0) is 16.7. The van der Waals surface area contributed by atoms with E-state index in [1.165, 1.54) is 18.3 Å². The molecule has 1 aromatic carbocycles. The Bertz CT molecular complexity index is 656. The summed E-state index contributed by atoms with van der Waals surface area (Å²) >= 11 is 1.39. The molecule has 5 nitrogen and oxygen atoms in total. The van der Waals surface area contributed by atoms with Crippen LogP contribution in [0.2, 0.25) is 0 Å². The summed E-state index contributed by atoms with van der Waals surface area (Å²) in [4.78, 5) is 26.1. The molecule has 1 N–H and O–H groups in total. The van der Waals surface area contributed by atoms with Crippen molar-refractivity contribution in [3.63, 3.8) is 0 Å². The fraction of sp³-hybridized carbons (Fsp3) is 0.294. The zero-order valence-electron chi connectivity index (χ0n) is 13.2. The Labute approximate surface area is 139 Å². The maximum atomic E-state index is 11.9. The van der Waals surface area contributed by atoms with Crippen molar-refractivity contribution in [2.45, 2.75) is 13.5 Å². The fourth-order valence-electron chi connectivity index (χ4n) is 2.19. The molecule has 0 fully saturated rings. The molecule has 0 saturated carbocycles. The summed E-state index contributed by atoms with van der Waals surface area (Å²) in [6, 6.07) is 11.2. The average Bonchev–Trinajstić information content (AvgIpc) is 3.08. The Hall–Kier alpha value is -2.34. The number of amides is 2. The average molecular weight is 332 g/mol. The molecule has 0 aliphatic rings. The van der Waals surface area contributed by atoms with Gasteiger partial charge >= 0.3 is 0 Å². The number of benzene rings is 1. The van der Waals surface area contributed by atoms with Gasteiger partial charge in [-0.1, -0.05) is 24.3 Å². The molecular formula is C17H20N2O3S. The Balaban J connectivity index is 1.91. The summed E-state index contributed by atoms with van der Waals surface area (Å²) in [5.74, 6) is 0.600. The van der Waals surface area contributed by atoms with Crippen molar-refractivity contribution in [1.29, 1.82) is 0 Å². The summed E-state index contributed by atoms with van der Waals surface area (Å²) in [7, 11) is 1.61. The van der Waals surface area contributed by atoms with Crippen molar-refractivity contribution >= 4 is 23.2 Å². The molecule has 2 amide bonds. The first-order chi connectivity index (χ1) is 11.1. The second-order valence-electron chi connectivity index (χ2n) is 4.99. The van der Waals surface area contributed by atoms with Gasteiger partial charge in [-0.15, -0.1) is 11.3 Å². The maximum absolute atomic E-state index is 11.9. The number of ether oxygens (including phenoxy) is 1. The van der Waals surface area contributed by atoms with Crippen LogP contribution in [0, 0.1) is 0 Å². The predicted molar refractivity (Wildman–Crippen MR) is 90.7 cm³/mol. The molecule has 0 unspecified atom stereocenters. The molecule has 0 saturated heterocycles. The van der Waals surface area contributed by atoms with E-state index in [4.69, 9.17) is 4.74 Å². The lowest BCUT2D eigenvalue weighted by Crippen LogP contribution is -2.37. The largest absolute Gasteiger partial charge is 0.496 e. The predicted octanol–water partition coefficient (Wildman–Crippen LogP) is 2.54. The van der Waals surface area contributed by atoms with Gasteiger partial charge in [0.2, 0.25) is 5.91 Å². The molecule has 0 bridgehead atoms. The van der Waals surface area contributed by atoms with E-state index in [1.54, 1.807) is 18.1 Å². The molecule has 23 heavy (non-hydrogen) atoms. The summed E-state index contributed by atoms with van der Waals surface area (Å²) in [6.07, 6.45) is 0. The Morgan fingerprint density at radius 2 is 2.00 bits per heavy atom. The highest BCUT2D eigenvalue weighted by molar-refractivity contribution is 7.12. The van der Waals surface area contributed by atoms with Crippen LogP contribution in [0.25, 0.3) is 0 Å². The van der Waals surface area contributed by atoms with E-state index in [0.29, 0.717) is 24.5 Å². The van der Waals surface area contributed by atoms with Gasteiger partial charge in [0.15, 0.2) is 0 Å². The smallest absolute Gasteiger partial charge is 0.261 e. The van der Waals surface area contributed by atoms with Crippen LogP contribution in [0.4, 0.5) is 0 Å². The molecule has 1 aromatic heterocycles. The van der Waals surface area contributed by atoms with E-state index < -0.39 is 0 Å². The molecule has 6 heteroatoms. The molecule has 0 aliphatic heterocycles. The van der Waals surface area contributed by atoms with Crippen molar-refractivity contribution in [2.75, 3.05) is 20.2 Å². The maximum Gasteiger partial charge on any atom is 0.261 e. The quantitative estimate of drug-likeness (QED) is 0.848. The fourth-order valence-corrected chi connectivity index (χ4v) is 2.83. The van der Waals surface area contributed by atoms with Crippen LogP contribution in [0.3, 0.4) is 0 Å². The lowest BCUT2D eigenvalue weighted by atomic mass is 10.2. The van der Waals surface area contributed by atoms with E-state index in [2.05, 4.69) is 5.32 Å². The van der Waals surface area contributed by atoms with Gasteiger partial charge in [-0.05, 0) is 17.5 Å². The lowest BCUT2D eigenvalue weighted by Gasteiger charge is -2.22. The third-order valence-electron chi connectivity index (χ3n) is 3.41. The first kappa shape index (κ1) is 17.0. The third-order valence-corrected chi connectivity index (χ3v) is 4.28. The van der Waals surface area contributed by atoms with Crippen molar-refractivity contribution in [3.8, 4) is 5.75 Å². The number of carbonyl (C=O) groups excluding carboxylic acids is 2. The van der Waals surface area contributed by atoms with Gasteiger partial charge in [-0.25, -0.2) is 0 Å². The van der Waals surface area contributed by atoms with Gasteiger partial charge in [-0.2, -0.15) is 0 Å². The van der Waals surface area contributed by atoms with Gasteiger partial charge < -0.3 is 15.0 Å². The third kappa shape index (κ3) is 4.82. The van der Waals surface area contributed by atoms with Gasteiger partial charge in [0.1, 0.15) is 5.75 Å². The second kappa shape index (κ2) is 8.33. The normalized spacial score (nSPS) is 10.2. The summed E-state index contributed by atoms with van der Waals surface area (Å²) in [5, 5.41) is 4.69. The van der Waals surface area contributed by atoms with Crippen LogP contribution in [0.5, 0.6) is 5.75 Å². The zero-order valence-corrected chi connectivity index (χ0v) is 14.1. The van der Waals surface area contributed by atoms with Crippen LogP contribution in [0.1, 0.15) is 22.2 Å². The van der Waals surface area contributed by atoms with Crippen LogP contribution in [-0.2, 0) is 11.3 Å². The van der Waals surface area contributed by atoms with Gasteiger partial charge in [-0.3, -0.25) is 9.59 Å². The number of nitrogens with zero attached hydrogens (tertiary/aromatic N) is 1. The standard InChI is InChI=1S/C17H20N2O3S/c1-13(20)19(12-14-6-3-4-7-15(14)22-2)10-9-18-17(21)16-8-5-11-23-16/h3-8,11H,9-10,12H2,1-2H3,(H,18,21). The van der Waals surface area contributed by atoms with E-state index in [1.807, 2.05) is 35.7 Å². The second-order valence-corrected chi connectivity index (χ2v) is 5.93. The number of nitrogens with one attached hydrogen (secondary N) is 1. The molecule has 0 aliphatic carbocycles. The molecular weight excluding hydrogens is 312 g/mol. The molecule has 122 valence electrons. The number of rotatable bonds is 7. The minimum Gasteiger partial charge on any atom is -0.496 e. The van der Waals surface area contributed by atoms with Crippen molar-refractivity contribution in [2.24, 2.45) is 0 Å². The van der Waals surface area contributed by atoms with Crippen LogP contribution in [-0.4, -0.2) is 36.9 Å². The Morgan fingerprint density at radius 1 is 1.22 bits per heavy atom. The number of para-hydroxylation sites is 1. The highest BCUT2D eigenvalue weighted by Crippen LogP contribution is 2.19. The summed E-state index contributed by atoms with van der Waals surface area (Å²) in [6.45, 7) is 2.83. The number of hydrogen-bond donors (Lipinski definition) is 1. The summed E-state index contributed by atoms with van der Waals surface area (Å²) < 4.78 is 5.31. The highest BCUT2D eigenvalue weighted by atomic mass is 32.1. The van der Waals surface area contributed by atoms with Crippen LogP contribution in [0.15, 0.2) is 41.8 Å². The van der Waals surface area contributed by atoms with Crippen molar-refractivity contribution < 1.29 is 14.3 Å². The van der Waals surface area contributed by atoms with E-state index in [9.17, 15) is 9.59 Å². The SMILES string of the molecule is COc1ccccc1CN(CCNC(=O)c1cccs1)C(C)=O. The highest BCUT2D eigenvalue weighted by Gasteiger charge is 2.13. The van der Waals surface area contributed by atoms with Gasteiger partial charge in [0.05, 0.1) is 12.0 Å². The van der Waals surface area contributed by atoms with Crippen LogP contribution >= 0.6 is 11.3 Å². The molecule has 0 radical (unpaired) electrons. The van der Waals surface area contributed by atoms with E-state index in [-0.39, 0.29) is 11.8 Å². The molecule has 2 aromatic rings. The number of thiophene rings is 1. The molecule has 0 atom stereocenters. The topological polar surface area (TPSA) is 58.6 Å². The first-order valence-electron chi connectivity index (χ1n) is 7.31. The Kier molecular flexibility index (Phi) is 6.17. The van der Waals surface area contributed by atoms with Crippen LogP contribution < -0.4 is 10.1 Å². The van der Waals surface area contributed by atoms with Gasteiger partial charge in [0.25, 0.3) is 5.91 Å². The molecule has 2 rings (SSSR count). The number of methoxy groups -OCH3 is 1. The minimum absolute atomic E-state index is 0.0405. The minimum atomic E-state index is -0.110. The van der Waals surface area contributed by atoms with E-state index in [0.717, 1.165) is 11.3 Å². The monoisotopic (exact) mass is 332 g/mol. The lowest BCUT2D eigenvalue weighted by molar-refractivity contribution is -0.129. The summed E-state index contributed by atoms with van der Waals surface area (Å²) in [5.41, 5.74) is 0.940. The number of hydrogen-bond acceptors (Lipinski definition) is 4. The first-order valence-corrected chi connectivity index (χ1v) is 8.19. The molecule has 1 heterocycles. The number of carbonyl (C=O) groups is 2. The molecule has 0 spiro atoms. The van der Waals surface area contributed by atoms with E-state index >= 15 is 0 Å². The van der Waals surface area contributed by atoms with Crippen molar-refractivity contribution in [3.05, 3.63) is 52.2 Å². The van der Waals surface area contributed by atoms with Gasteiger partial charge in [0, 0.05) is 32.1 Å². The van der Waals surface area contributed by atoms with Crippen molar-refractivity contribution in [1.82, 2.24) is 10.2 Å². The Morgan fingerprint density at radius 3 is 2.65 bits per heavy atom.